The van der Waals surface area contributed by atoms with E-state index in [1.165, 1.54) is 6.07 Å². The number of halogens is 1. The standard InChI is InChI=1S/C13H14ClN3O3/c14-8-6-9-10-2-1-3-12(18)16(10)5-4-15-13(9)11(7-8)17(19)20/h6-7,10,15H,1-5H2. The number of nitrogens with one attached hydrogen (secondary N) is 1. The Morgan fingerprint density at radius 1 is 1.45 bits per heavy atom. The molecule has 0 spiro atoms. The summed E-state index contributed by atoms with van der Waals surface area (Å²) in [7, 11) is 0. The van der Waals surface area contributed by atoms with Crippen LogP contribution in [0.4, 0.5) is 11.4 Å². The number of hydrogen-bond acceptors (Lipinski definition) is 4. The topological polar surface area (TPSA) is 75.5 Å². The molecule has 2 aliphatic rings. The summed E-state index contributed by atoms with van der Waals surface area (Å²) in [5, 5.41) is 14.6. The summed E-state index contributed by atoms with van der Waals surface area (Å²) in [4.78, 5) is 24.6. The molecule has 0 aromatic heterocycles. The van der Waals surface area contributed by atoms with Crippen molar-refractivity contribution in [2.45, 2.75) is 25.3 Å². The average Bonchev–Trinajstić information content (AvgIpc) is 2.58. The van der Waals surface area contributed by atoms with E-state index in [1.807, 2.05) is 4.90 Å². The van der Waals surface area contributed by atoms with E-state index in [-0.39, 0.29) is 17.6 Å². The molecule has 0 bridgehead atoms. The quantitative estimate of drug-likeness (QED) is 0.638. The van der Waals surface area contributed by atoms with Crippen molar-refractivity contribution in [2.75, 3.05) is 18.4 Å². The molecule has 20 heavy (non-hydrogen) atoms. The number of carbonyl (C=O) groups excluding carboxylic acids is 1. The van der Waals surface area contributed by atoms with Crippen LogP contribution in [0.1, 0.15) is 30.9 Å². The van der Waals surface area contributed by atoms with Crippen molar-refractivity contribution in [3.63, 3.8) is 0 Å². The number of anilines is 1. The van der Waals surface area contributed by atoms with Crippen LogP contribution in [-0.2, 0) is 4.79 Å². The van der Waals surface area contributed by atoms with E-state index < -0.39 is 4.92 Å². The first-order valence-electron chi connectivity index (χ1n) is 6.59. The molecular formula is C13H14ClN3O3. The third kappa shape index (κ3) is 2.10. The minimum Gasteiger partial charge on any atom is -0.377 e. The Balaban J connectivity index is 2.15. The molecule has 106 valence electrons. The highest BCUT2D eigenvalue weighted by Gasteiger charge is 2.35. The zero-order chi connectivity index (χ0) is 14.3. The number of nitro benzene ring substituents is 1. The summed E-state index contributed by atoms with van der Waals surface area (Å²) >= 11 is 6.01. The number of rotatable bonds is 1. The molecule has 0 radical (unpaired) electrons. The Kier molecular flexibility index (Phi) is 3.25. The van der Waals surface area contributed by atoms with Crippen LogP contribution in [0, 0.1) is 10.1 Å². The van der Waals surface area contributed by atoms with Gasteiger partial charge in [-0.25, -0.2) is 0 Å². The molecule has 0 aliphatic carbocycles. The lowest BCUT2D eigenvalue weighted by molar-refractivity contribution is -0.384. The fourth-order valence-electron chi connectivity index (χ4n) is 3.04. The number of nitrogens with zero attached hydrogens (tertiary/aromatic N) is 2. The van der Waals surface area contributed by atoms with Crippen LogP contribution in [0.2, 0.25) is 5.02 Å². The van der Waals surface area contributed by atoms with Gasteiger partial charge >= 0.3 is 0 Å². The molecule has 2 heterocycles. The molecule has 1 unspecified atom stereocenters. The normalized spacial score (nSPS) is 21.6. The van der Waals surface area contributed by atoms with Gasteiger partial charge in [0.2, 0.25) is 5.91 Å². The first kappa shape index (κ1) is 13.2. The fraction of sp³-hybridized carbons (Fsp3) is 0.462. The monoisotopic (exact) mass is 295 g/mol. The molecule has 1 N–H and O–H groups in total. The van der Waals surface area contributed by atoms with Gasteiger partial charge in [-0.2, -0.15) is 0 Å². The maximum Gasteiger partial charge on any atom is 0.294 e. The summed E-state index contributed by atoms with van der Waals surface area (Å²) < 4.78 is 0. The Bertz CT molecular complexity index is 590. The van der Waals surface area contributed by atoms with Gasteiger partial charge in [0.25, 0.3) is 5.69 Å². The maximum atomic E-state index is 12.0. The second-order valence-electron chi connectivity index (χ2n) is 5.07. The Morgan fingerprint density at radius 2 is 2.25 bits per heavy atom. The summed E-state index contributed by atoms with van der Waals surface area (Å²) in [5.41, 5.74) is 1.24. The highest BCUT2D eigenvalue weighted by Crippen LogP contribution is 2.42. The van der Waals surface area contributed by atoms with E-state index in [4.69, 9.17) is 11.6 Å². The SMILES string of the molecule is O=C1CCCC2c3cc(Cl)cc([N+](=O)[O-])c3NCCN12. The van der Waals surface area contributed by atoms with Gasteiger partial charge in [-0.3, -0.25) is 14.9 Å². The molecule has 1 fully saturated rings. The van der Waals surface area contributed by atoms with Gasteiger partial charge in [0.15, 0.2) is 0 Å². The Hall–Kier alpha value is -1.82. The Morgan fingerprint density at radius 3 is 3.00 bits per heavy atom. The second kappa shape index (κ2) is 4.94. The van der Waals surface area contributed by atoms with Crippen LogP contribution in [0.25, 0.3) is 0 Å². The van der Waals surface area contributed by atoms with E-state index >= 15 is 0 Å². The highest BCUT2D eigenvalue weighted by molar-refractivity contribution is 6.31. The van der Waals surface area contributed by atoms with Crippen LogP contribution >= 0.6 is 11.6 Å². The maximum absolute atomic E-state index is 12.0. The van der Waals surface area contributed by atoms with Crippen LogP contribution < -0.4 is 5.32 Å². The van der Waals surface area contributed by atoms with Crippen molar-refractivity contribution in [1.82, 2.24) is 4.90 Å². The van der Waals surface area contributed by atoms with Gasteiger partial charge in [-0.15, -0.1) is 0 Å². The van der Waals surface area contributed by atoms with Crippen molar-refractivity contribution in [3.05, 3.63) is 32.8 Å². The van der Waals surface area contributed by atoms with Crippen molar-refractivity contribution in [3.8, 4) is 0 Å². The number of piperidine rings is 1. The summed E-state index contributed by atoms with van der Waals surface area (Å²) in [6, 6.07) is 2.98. The van der Waals surface area contributed by atoms with E-state index in [2.05, 4.69) is 5.32 Å². The lowest BCUT2D eigenvalue weighted by Gasteiger charge is -2.34. The van der Waals surface area contributed by atoms with Crippen LogP contribution in [0.15, 0.2) is 12.1 Å². The van der Waals surface area contributed by atoms with Crippen molar-refractivity contribution >= 4 is 28.9 Å². The first-order chi connectivity index (χ1) is 9.58. The van der Waals surface area contributed by atoms with E-state index in [1.54, 1.807) is 6.07 Å². The van der Waals surface area contributed by atoms with Crippen molar-refractivity contribution in [2.24, 2.45) is 0 Å². The number of amides is 1. The molecule has 0 saturated carbocycles. The van der Waals surface area contributed by atoms with Crippen molar-refractivity contribution < 1.29 is 9.72 Å². The Labute approximate surface area is 120 Å². The summed E-state index contributed by atoms with van der Waals surface area (Å²) in [5.74, 6) is 0.110. The highest BCUT2D eigenvalue weighted by atomic mass is 35.5. The van der Waals surface area contributed by atoms with E-state index in [9.17, 15) is 14.9 Å². The third-order valence-corrected chi connectivity index (χ3v) is 4.11. The minimum absolute atomic E-state index is 0.0210. The molecule has 1 aromatic carbocycles. The van der Waals surface area contributed by atoms with Gasteiger partial charge in [0.05, 0.1) is 11.0 Å². The van der Waals surface area contributed by atoms with Crippen LogP contribution in [-0.4, -0.2) is 28.8 Å². The first-order valence-corrected chi connectivity index (χ1v) is 6.97. The number of nitro groups is 1. The zero-order valence-corrected chi connectivity index (χ0v) is 11.5. The summed E-state index contributed by atoms with van der Waals surface area (Å²) in [6.45, 7) is 1.07. The van der Waals surface area contributed by atoms with Gasteiger partial charge in [0, 0.05) is 36.2 Å². The molecule has 7 heteroatoms. The average molecular weight is 296 g/mol. The molecule has 3 rings (SSSR count). The van der Waals surface area contributed by atoms with Crippen LogP contribution in [0.5, 0.6) is 0 Å². The number of benzene rings is 1. The molecule has 1 amide bonds. The molecular weight excluding hydrogens is 282 g/mol. The molecule has 1 aromatic rings. The number of fused-ring (bicyclic) bond motifs is 3. The van der Waals surface area contributed by atoms with Gasteiger partial charge in [0.1, 0.15) is 5.69 Å². The summed E-state index contributed by atoms with van der Waals surface area (Å²) in [6.07, 6.45) is 2.17. The molecule has 2 aliphatic heterocycles. The molecule has 1 saturated heterocycles. The van der Waals surface area contributed by atoms with Gasteiger partial charge < -0.3 is 10.2 Å². The predicted molar refractivity (Wildman–Crippen MR) is 74.9 cm³/mol. The van der Waals surface area contributed by atoms with Crippen molar-refractivity contribution in [1.29, 1.82) is 0 Å². The zero-order valence-electron chi connectivity index (χ0n) is 10.8. The lowest BCUT2D eigenvalue weighted by Crippen LogP contribution is -2.39. The molecule has 1 atom stereocenters. The minimum atomic E-state index is -0.433. The molecule has 6 nitrogen and oxygen atoms in total. The van der Waals surface area contributed by atoms with Crippen LogP contribution in [0.3, 0.4) is 0 Å². The number of hydrogen-bond donors (Lipinski definition) is 1. The third-order valence-electron chi connectivity index (χ3n) is 3.89. The second-order valence-corrected chi connectivity index (χ2v) is 5.50. The van der Waals surface area contributed by atoms with Gasteiger partial charge in [-0.05, 0) is 18.9 Å². The number of carbonyl (C=O) groups is 1. The fourth-order valence-corrected chi connectivity index (χ4v) is 3.26. The van der Waals surface area contributed by atoms with E-state index in [0.29, 0.717) is 30.2 Å². The smallest absolute Gasteiger partial charge is 0.294 e. The van der Waals surface area contributed by atoms with E-state index in [0.717, 1.165) is 18.4 Å². The lowest BCUT2D eigenvalue weighted by atomic mass is 9.93. The largest absolute Gasteiger partial charge is 0.377 e. The van der Waals surface area contributed by atoms with Gasteiger partial charge in [-0.1, -0.05) is 11.6 Å². The predicted octanol–water partition coefficient (Wildman–Crippen LogP) is 2.73.